The van der Waals surface area contributed by atoms with Gasteiger partial charge in [-0.05, 0) is 12.1 Å². The van der Waals surface area contributed by atoms with Crippen molar-refractivity contribution < 1.29 is 14.2 Å². The maximum Gasteiger partial charge on any atom is 0.280 e. The third-order valence-electron chi connectivity index (χ3n) is 2.56. The number of hydrogen-bond acceptors (Lipinski definition) is 4. The SMILES string of the molecule is O=[N+]([O-])c1ccccc1-c1c(F)cccc1[N+](=O)[O-]. The van der Waals surface area contributed by atoms with Crippen molar-refractivity contribution >= 4 is 11.4 Å². The van der Waals surface area contributed by atoms with Crippen molar-refractivity contribution in [1.82, 2.24) is 0 Å². The molecule has 0 aliphatic rings. The second kappa shape index (κ2) is 4.81. The summed E-state index contributed by atoms with van der Waals surface area (Å²) in [6.07, 6.45) is 0. The van der Waals surface area contributed by atoms with Gasteiger partial charge in [0.2, 0.25) is 0 Å². The zero-order valence-electron chi connectivity index (χ0n) is 9.45. The number of nitro benzene ring substituents is 2. The smallest absolute Gasteiger partial charge is 0.258 e. The van der Waals surface area contributed by atoms with E-state index in [1.807, 2.05) is 0 Å². The van der Waals surface area contributed by atoms with E-state index in [1.54, 1.807) is 0 Å². The van der Waals surface area contributed by atoms with Crippen LogP contribution in [-0.2, 0) is 0 Å². The number of nitro groups is 2. The first-order valence-corrected chi connectivity index (χ1v) is 5.19. The third kappa shape index (κ3) is 2.25. The van der Waals surface area contributed by atoms with Crippen LogP contribution in [0, 0.1) is 26.0 Å². The molecule has 2 rings (SSSR count). The molecule has 0 fully saturated rings. The molecule has 0 saturated heterocycles. The first-order chi connectivity index (χ1) is 9.02. The molecule has 0 saturated carbocycles. The summed E-state index contributed by atoms with van der Waals surface area (Å²) in [5.41, 5.74) is -1.37. The van der Waals surface area contributed by atoms with Crippen molar-refractivity contribution in [2.45, 2.75) is 0 Å². The number of benzene rings is 2. The quantitative estimate of drug-likeness (QED) is 0.627. The van der Waals surface area contributed by atoms with Gasteiger partial charge in [0.15, 0.2) is 0 Å². The minimum Gasteiger partial charge on any atom is -0.258 e. The summed E-state index contributed by atoms with van der Waals surface area (Å²) in [5.74, 6) is -0.872. The van der Waals surface area contributed by atoms with Gasteiger partial charge in [-0.2, -0.15) is 0 Å². The number of nitrogens with zero attached hydrogens (tertiary/aromatic N) is 2. The maximum atomic E-state index is 13.8. The molecule has 2 aromatic carbocycles. The predicted octanol–water partition coefficient (Wildman–Crippen LogP) is 3.31. The van der Waals surface area contributed by atoms with Crippen LogP contribution < -0.4 is 0 Å². The van der Waals surface area contributed by atoms with E-state index in [4.69, 9.17) is 0 Å². The first-order valence-electron chi connectivity index (χ1n) is 5.19. The van der Waals surface area contributed by atoms with E-state index in [0.717, 1.165) is 12.1 Å². The van der Waals surface area contributed by atoms with Crippen LogP contribution in [0.3, 0.4) is 0 Å². The standard InChI is InChI=1S/C12H7FN2O4/c13-9-5-3-7-11(15(18)19)12(9)8-4-1-2-6-10(8)14(16)17/h1-7H. The third-order valence-corrected chi connectivity index (χ3v) is 2.56. The summed E-state index contributed by atoms with van der Waals surface area (Å²) in [5, 5.41) is 21.8. The lowest BCUT2D eigenvalue weighted by molar-refractivity contribution is -0.386. The fourth-order valence-electron chi connectivity index (χ4n) is 1.78. The van der Waals surface area contributed by atoms with Gasteiger partial charge in [0, 0.05) is 12.1 Å². The number of hydrogen-bond donors (Lipinski definition) is 0. The van der Waals surface area contributed by atoms with Crippen LogP contribution in [0.25, 0.3) is 11.1 Å². The summed E-state index contributed by atoms with van der Waals surface area (Å²) in [4.78, 5) is 20.3. The Morgan fingerprint density at radius 1 is 0.842 bits per heavy atom. The van der Waals surface area contributed by atoms with E-state index in [0.29, 0.717) is 0 Å². The van der Waals surface area contributed by atoms with Crippen LogP contribution in [0.15, 0.2) is 42.5 Å². The van der Waals surface area contributed by atoms with Crippen molar-refractivity contribution in [2.24, 2.45) is 0 Å². The molecule has 0 aliphatic carbocycles. The van der Waals surface area contributed by atoms with Gasteiger partial charge < -0.3 is 0 Å². The Labute approximate surface area is 106 Å². The van der Waals surface area contributed by atoms with Crippen LogP contribution >= 0.6 is 0 Å². The molecule has 19 heavy (non-hydrogen) atoms. The zero-order chi connectivity index (χ0) is 14.0. The van der Waals surface area contributed by atoms with Crippen LogP contribution in [0.5, 0.6) is 0 Å². The van der Waals surface area contributed by atoms with Crippen LogP contribution in [0.1, 0.15) is 0 Å². The van der Waals surface area contributed by atoms with E-state index in [1.165, 1.54) is 30.3 Å². The second-order valence-electron chi connectivity index (χ2n) is 3.67. The highest BCUT2D eigenvalue weighted by Gasteiger charge is 2.25. The average molecular weight is 262 g/mol. The Morgan fingerprint density at radius 3 is 2.05 bits per heavy atom. The molecule has 0 atom stereocenters. The van der Waals surface area contributed by atoms with Crippen LogP contribution in [0.2, 0.25) is 0 Å². The van der Waals surface area contributed by atoms with Crippen molar-refractivity contribution in [3.8, 4) is 11.1 Å². The van der Waals surface area contributed by atoms with Gasteiger partial charge in [0.25, 0.3) is 11.4 Å². The van der Waals surface area contributed by atoms with Gasteiger partial charge in [0.1, 0.15) is 11.4 Å². The lowest BCUT2D eigenvalue weighted by Gasteiger charge is -2.05. The van der Waals surface area contributed by atoms with E-state index >= 15 is 0 Å². The molecule has 0 aliphatic heterocycles. The van der Waals surface area contributed by atoms with Gasteiger partial charge in [-0.15, -0.1) is 0 Å². The first kappa shape index (κ1) is 12.6. The van der Waals surface area contributed by atoms with Gasteiger partial charge in [-0.25, -0.2) is 4.39 Å². The van der Waals surface area contributed by atoms with Crippen LogP contribution in [-0.4, -0.2) is 9.85 Å². The second-order valence-corrected chi connectivity index (χ2v) is 3.67. The molecule has 0 unspecified atom stereocenters. The van der Waals surface area contributed by atoms with Crippen LogP contribution in [0.4, 0.5) is 15.8 Å². The monoisotopic (exact) mass is 262 g/mol. The van der Waals surface area contributed by atoms with Crippen molar-refractivity contribution in [1.29, 1.82) is 0 Å². The molecule has 0 N–H and O–H groups in total. The van der Waals surface area contributed by atoms with Crippen molar-refractivity contribution in [3.63, 3.8) is 0 Å². The molecular formula is C12H7FN2O4. The molecule has 0 amide bonds. The summed E-state index contributed by atoms with van der Waals surface area (Å²) in [7, 11) is 0. The van der Waals surface area contributed by atoms with Crippen molar-refractivity contribution in [2.75, 3.05) is 0 Å². The van der Waals surface area contributed by atoms with Gasteiger partial charge in [-0.1, -0.05) is 18.2 Å². The molecule has 7 heteroatoms. The average Bonchev–Trinajstić information content (AvgIpc) is 2.38. The molecule has 0 heterocycles. The Balaban J connectivity index is 2.79. The number of halogens is 1. The molecule has 0 bridgehead atoms. The highest BCUT2D eigenvalue weighted by Crippen LogP contribution is 2.37. The Morgan fingerprint density at radius 2 is 1.42 bits per heavy atom. The molecule has 6 nitrogen and oxygen atoms in total. The highest BCUT2D eigenvalue weighted by molar-refractivity contribution is 5.80. The highest BCUT2D eigenvalue weighted by atomic mass is 19.1. The summed E-state index contributed by atoms with van der Waals surface area (Å²) in [6.45, 7) is 0. The molecule has 0 spiro atoms. The Kier molecular flexibility index (Phi) is 3.19. The van der Waals surface area contributed by atoms with E-state index in [9.17, 15) is 24.6 Å². The van der Waals surface area contributed by atoms with Gasteiger partial charge in [-0.3, -0.25) is 20.2 Å². The van der Waals surface area contributed by atoms with Crippen molar-refractivity contribution in [3.05, 3.63) is 68.5 Å². The lowest BCUT2D eigenvalue weighted by Crippen LogP contribution is -1.98. The maximum absolute atomic E-state index is 13.8. The molecule has 0 radical (unpaired) electrons. The summed E-state index contributed by atoms with van der Waals surface area (Å²) in [6, 6.07) is 8.64. The number of para-hydroxylation sites is 1. The Hall–Kier alpha value is -2.83. The van der Waals surface area contributed by atoms with E-state index in [2.05, 4.69) is 0 Å². The number of rotatable bonds is 3. The molecule has 0 aromatic heterocycles. The fourth-order valence-corrected chi connectivity index (χ4v) is 1.78. The zero-order valence-corrected chi connectivity index (χ0v) is 9.45. The minimum absolute atomic E-state index is 0.114. The normalized spacial score (nSPS) is 10.2. The largest absolute Gasteiger partial charge is 0.280 e. The van der Waals surface area contributed by atoms with Gasteiger partial charge in [0.05, 0.1) is 15.4 Å². The minimum atomic E-state index is -0.872. The fraction of sp³-hybridized carbons (Fsp3) is 0. The summed E-state index contributed by atoms with van der Waals surface area (Å²) < 4.78 is 13.8. The molecule has 2 aromatic rings. The lowest BCUT2D eigenvalue weighted by atomic mass is 10.0. The Bertz CT molecular complexity index is 673. The molecule has 96 valence electrons. The predicted molar refractivity (Wildman–Crippen MR) is 65.1 cm³/mol. The van der Waals surface area contributed by atoms with E-state index < -0.39 is 21.4 Å². The van der Waals surface area contributed by atoms with Gasteiger partial charge >= 0.3 is 0 Å². The molecular weight excluding hydrogens is 255 g/mol. The van der Waals surface area contributed by atoms with E-state index in [-0.39, 0.29) is 16.8 Å². The summed E-state index contributed by atoms with van der Waals surface area (Å²) >= 11 is 0. The topological polar surface area (TPSA) is 86.3 Å².